The van der Waals surface area contributed by atoms with Crippen molar-refractivity contribution in [1.82, 2.24) is 24.9 Å². The smallest absolute Gasteiger partial charge is 0.410 e. The molecule has 1 aromatic rings. The molecule has 2 aliphatic heterocycles. The minimum absolute atomic E-state index is 0.0562. The molecule has 2 fully saturated rings. The normalized spacial score (nSPS) is 16.6. The summed E-state index contributed by atoms with van der Waals surface area (Å²) in [5.41, 5.74) is 0.829. The number of benzene rings is 1. The zero-order valence-corrected chi connectivity index (χ0v) is 23.7. The lowest BCUT2D eigenvalue weighted by molar-refractivity contribution is -0.143. The van der Waals surface area contributed by atoms with Crippen LogP contribution in [0, 0.1) is 0 Å². The van der Waals surface area contributed by atoms with Crippen LogP contribution in [0.25, 0.3) is 0 Å². The van der Waals surface area contributed by atoms with E-state index in [-0.39, 0.29) is 32.2 Å². The molecule has 2 aliphatic rings. The van der Waals surface area contributed by atoms with Crippen molar-refractivity contribution >= 4 is 23.8 Å². The lowest BCUT2D eigenvalue weighted by Gasteiger charge is -2.30. The minimum atomic E-state index is -1.01. The third-order valence-corrected chi connectivity index (χ3v) is 6.93. The van der Waals surface area contributed by atoms with Gasteiger partial charge in [0.25, 0.3) is 0 Å². The number of morpholine rings is 1. The summed E-state index contributed by atoms with van der Waals surface area (Å²) in [7, 11) is 3.00. The SMILES string of the molecule is CN(CC(=O)N[C@@H](COCCN1CCOCC1)C(=O)N(C)CC(=O)N1CCCCC1)C(=O)OCc1ccccc1. The zero-order valence-electron chi connectivity index (χ0n) is 23.7. The molecule has 1 aromatic carbocycles. The molecule has 0 spiro atoms. The number of piperidine rings is 1. The van der Waals surface area contributed by atoms with Gasteiger partial charge >= 0.3 is 6.09 Å². The molecular weight excluding hydrogens is 518 g/mol. The number of hydrogen-bond donors (Lipinski definition) is 1. The van der Waals surface area contributed by atoms with Crippen LogP contribution in [0.3, 0.4) is 0 Å². The lowest BCUT2D eigenvalue weighted by Crippen LogP contribution is -2.54. The van der Waals surface area contributed by atoms with Gasteiger partial charge in [-0.15, -0.1) is 0 Å². The fourth-order valence-corrected chi connectivity index (χ4v) is 4.53. The van der Waals surface area contributed by atoms with Crippen LogP contribution in [-0.2, 0) is 35.2 Å². The molecule has 0 saturated carbocycles. The first kappa shape index (κ1) is 31.3. The van der Waals surface area contributed by atoms with Gasteiger partial charge in [-0.2, -0.15) is 0 Å². The zero-order chi connectivity index (χ0) is 28.7. The van der Waals surface area contributed by atoms with Crippen LogP contribution in [0.15, 0.2) is 30.3 Å². The number of ether oxygens (including phenoxy) is 3. The molecule has 12 nitrogen and oxygen atoms in total. The van der Waals surface area contributed by atoms with Gasteiger partial charge in [0.2, 0.25) is 17.7 Å². The summed E-state index contributed by atoms with van der Waals surface area (Å²) in [5.74, 6) is -1.08. The Morgan fingerprint density at radius 3 is 2.35 bits per heavy atom. The number of hydrogen-bond acceptors (Lipinski definition) is 8. The third kappa shape index (κ3) is 10.7. The van der Waals surface area contributed by atoms with Gasteiger partial charge in [0.05, 0.1) is 33.0 Å². The highest BCUT2D eigenvalue weighted by atomic mass is 16.6. The second-order valence-corrected chi connectivity index (χ2v) is 10.2. The molecule has 1 N–H and O–H groups in total. The molecular formula is C28H43N5O7. The van der Waals surface area contributed by atoms with Gasteiger partial charge in [-0.3, -0.25) is 19.3 Å². The van der Waals surface area contributed by atoms with E-state index in [2.05, 4.69) is 10.2 Å². The number of nitrogens with zero attached hydrogens (tertiary/aromatic N) is 4. The Morgan fingerprint density at radius 2 is 1.65 bits per heavy atom. The van der Waals surface area contributed by atoms with Gasteiger partial charge in [-0.05, 0) is 24.8 Å². The van der Waals surface area contributed by atoms with Crippen molar-refractivity contribution in [3.63, 3.8) is 0 Å². The number of nitrogens with one attached hydrogen (secondary N) is 1. The fraction of sp³-hybridized carbons (Fsp3) is 0.643. The number of carbonyl (C=O) groups excluding carboxylic acids is 4. The maximum absolute atomic E-state index is 13.3. The van der Waals surface area contributed by atoms with Gasteiger partial charge < -0.3 is 34.2 Å². The molecule has 2 saturated heterocycles. The second kappa shape index (κ2) is 16.8. The maximum Gasteiger partial charge on any atom is 0.410 e. The minimum Gasteiger partial charge on any atom is -0.445 e. The number of likely N-dealkylation sites (tertiary alicyclic amines) is 1. The second-order valence-electron chi connectivity index (χ2n) is 10.2. The first-order chi connectivity index (χ1) is 19.3. The summed E-state index contributed by atoms with van der Waals surface area (Å²) in [6.07, 6.45) is 2.36. The summed E-state index contributed by atoms with van der Waals surface area (Å²) in [6.45, 7) is 5.07. The molecule has 0 aromatic heterocycles. The lowest BCUT2D eigenvalue weighted by atomic mass is 10.1. The first-order valence-electron chi connectivity index (χ1n) is 13.9. The predicted octanol–water partition coefficient (Wildman–Crippen LogP) is 0.560. The van der Waals surface area contributed by atoms with E-state index in [0.29, 0.717) is 39.5 Å². The fourth-order valence-electron chi connectivity index (χ4n) is 4.53. The first-order valence-corrected chi connectivity index (χ1v) is 13.9. The maximum atomic E-state index is 13.3. The summed E-state index contributed by atoms with van der Waals surface area (Å²) >= 11 is 0. The van der Waals surface area contributed by atoms with Crippen LogP contribution in [0.1, 0.15) is 24.8 Å². The molecule has 4 amide bonds. The Labute approximate surface area is 236 Å². The van der Waals surface area contributed by atoms with E-state index in [0.717, 1.165) is 42.8 Å². The molecule has 222 valence electrons. The van der Waals surface area contributed by atoms with E-state index in [9.17, 15) is 19.2 Å². The quantitative estimate of drug-likeness (QED) is 0.347. The molecule has 12 heteroatoms. The third-order valence-electron chi connectivity index (χ3n) is 6.93. The Hall–Kier alpha value is -3.22. The predicted molar refractivity (Wildman–Crippen MR) is 147 cm³/mol. The number of likely N-dealkylation sites (N-methyl/N-ethyl adjacent to an activating group) is 2. The highest BCUT2D eigenvalue weighted by Crippen LogP contribution is 2.09. The van der Waals surface area contributed by atoms with Crippen molar-refractivity contribution < 1.29 is 33.4 Å². The molecule has 0 unspecified atom stereocenters. The van der Waals surface area contributed by atoms with Crippen LogP contribution in [0.5, 0.6) is 0 Å². The largest absolute Gasteiger partial charge is 0.445 e. The van der Waals surface area contributed by atoms with Crippen molar-refractivity contribution in [2.75, 3.05) is 86.3 Å². The number of amides is 4. The van der Waals surface area contributed by atoms with Crippen molar-refractivity contribution in [2.45, 2.75) is 31.9 Å². The van der Waals surface area contributed by atoms with Crippen LogP contribution in [0.4, 0.5) is 4.79 Å². The molecule has 0 bridgehead atoms. The van der Waals surface area contributed by atoms with Crippen LogP contribution >= 0.6 is 0 Å². The van der Waals surface area contributed by atoms with Crippen molar-refractivity contribution in [3.8, 4) is 0 Å². The van der Waals surface area contributed by atoms with Gasteiger partial charge in [-0.25, -0.2) is 4.79 Å². The van der Waals surface area contributed by atoms with Gasteiger partial charge in [-0.1, -0.05) is 30.3 Å². The van der Waals surface area contributed by atoms with E-state index in [1.54, 1.807) is 11.9 Å². The monoisotopic (exact) mass is 561 g/mol. The Bertz CT molecular complexity index is 952. The Balaban J connectivity index is 1.51. The van der Waals surface area contributed by atoms with Gasteiger partial charge in [0, 0.05) is 46.8 Å². The highest BCUT2D eigenvalue weighted by molar-refractivity contribution is 5.91. The van der Waals surface area contributed by atoms with E-state index in [4.69, 9.17) is 14.2 Å². The van der Waals surface area contributed by atoms with Crippen molar-refractivity contribution in [2.24, 2.45) is 0 Å². The molecule has 0 radical (unpaired) electrons. The van der Waals surface area contributed by atoms with E-state index < -0.39 is 23.9 Å². The van der Waals surface area contributed by atoms with E-state index in [1.165, 1.54) is 11.9 Å². The summed E-state index contributed by atoms with van der Waals surface area (Å²) < 4.78 is 16.4. The highest BCUT2D eigenvalue weighted by Gasteiger charge is 2.28. The van der Waals surface area contributed by atoms with Gasteiger partial charge in [0.15, 0.2) is 0 Å². The van der Waals surface area contributed by atoms with E-state index >= 15 is 0 Å². The number of carbonyl (C=O) groups is 4. The number of rotatable bonds is 13. The van der Waals surface area contributed by atoms with Crippen LogP contribution < -0.4 is 5.32 Å². The van der Waals surface area contributed by atoms with Crippen molar-refractivity contribution in [1.29, 1.82) is 0 Å². The topological polar surface area (TPSA) is 121 Å². The molecule has 3 rings (SSSR count). The average Bonchev–Trinajstić information content (AvgIpc) is 2.98. The summed E-state index contributed by atoms with van der Waals surface area (Å²) in [5, 5.41) is 2.69. The Morgan fingerprint density at radius 1 is 0.950 bits per heavy atom. The summed E-state index contributed by atoms with van der Waals surface area (Å²) in [4.78, 5) is 57.7. The van der Waals surface area contributed by atoms with Crippen LogP contribution in [-0.4, -0.2) is 136 Å². The van der Waals surface area contributed by atoms with Crippen LogP contribution in [0.2, 0.25) is 0 Å². The molecule has 0 aliphatic carbocycles. The standard InChI is InChI=1S/C28H43N5O7/c1-30(20-26(35)33-11-7-4-8-12-33)27(36)24(22-39-18-15-32-13-16-38-17-14-32)29-25(34)19-31(2)28(37)40-21-23-9-5-3-6-10-23/h3,5-6,9-10,24H,4,7-8,11-22H2,1-2H3,(H,29,34)/t24-/m0/s1. The average molecular weight is 562 g/mol. The molecule has 2 heterocycles. The summed E-state index contributed by atoms with van der Waals surface area (Å²) in [6, 6.07) is 8.22. The van der Waals surface area contributed by atoms with Gasteiger partial charge in [0.1, 0.15) is 19.2 Å². The Kier molecular flexibility index (Phi) is 13.1. The van der Waals surface area contributed by atoms with E-state index in [1.807, 2.05) is 30.3 Å². The van der Waals surface area contributed by atoms with Crippen molar-refractivity contribution in [3.05, 3.63) is 35.9 Å². The molecule has 1 atom stereocenters. The molecule has 40 heavy (non-hydrogen) atoms.